The number of rotatable bonds is 9. The number of aromatic nitrogens is 1. The predicted octanol–water partition coefficient (Wildman–Crippen LogP) is 3.16. The lowest BCUT2D eigenvalue weighted by Gasteiger charge is -2.25. The Hall–Kier alpha value is -3.60. The number of ether oxygens (including phenoxy) is 2. The molecule has 0 aliphatic heterocycles. The standard InChI is InChI=1S/C23H27N3O5/c1-5-30-23(29)20-14-16(2)26(17(20)3)15-21(27)31-18(4)22(28)25(13-9-12-24)19-10-7-6-8-11-19/h6-8,10-11,14,18H,5,9,13,15H2,1-4H3. The van der Waals surface area contributed by atoms with Crippen LogP contribution in [-0.2, 0) is 25.6 Å². The van der Waals surface area contributed by atoms with Crippen molar-refractivity contribution in [3.8, 4) is 6.07 Å². The molecule has 0 aliphatic carbocycles. The van der Waals surface area contributed by atoms with Crippen LogP contribution in [0.25, 0.3) is 0 Å². The molecule has 164 valence electrons. The molecule has 0 fully saturated rings. The van der Waals surface area contributed by atoms with Crippen LogP contribution in [0.3, 0.4) is 0 Å². The van der Waals surface area contributed by atoms with E-state index in [1.165, 1.54) is 11.8 Å². The molecule has 0 bridgehead atoms. The average molecular weight is 425 g/mol. The van der Waals surface area contributed by atoms with Gasteiger partial charge in [0.1, 0.15) is 6.54 Å². The Morgan fingerprint density at radius 2 is 1.87 bits per heavy atom. The van der Waals surface area contributed by atoms with Crippen molar-refractivity contribution in [2.75, 3.05) is 18.1 Å². The molecule has 8 heteroatoms. The molecule has 0 N–H and O–H groups in total. The van der Waals surface area contributed by atoms with Gasteiger partial charge < -0.3 is 18.9 Å². The number of hydrogen-bond donors (Lipinski definition) is 0. The Balaban J connectivity index is 2.10. The largest absolute Gasteiger partial charge is 0.462 e. The summed E-state index contributed by atoms with van der Waals surface area (Å²) in [5.74, 6) is -1.47. The maximum atomic E-state index is 12.9. The minimum Gasteiger partial charge on any atom is -0.462 e. The second kappa shape index (κ2) is 11.0. The van der Waals surface area contributed by atoms with Gasteiger partial charge in [-0.05, 0) is 45.9 Å². The number of aryl methyl sites for hydroxylation is 1. The third-order valence-electron chi connectivity index (χ3n) is 4.79. The molecule has 2 aromatic rings. The first-order valence-corrected chi connectivity index (χ1v) is 10.1. The van der Waals surface area contributed by atoms with Gasteiger partial charge in [-0.1, -0.05) is 18.2 Å². The molecule has 1 heterocycles. The molecule has 1 unspecified atom stereocenters. The highest BCUT2D eigenvalue weighted by Crippen LogP contribution is 2.18. The maximum Gasteiger partial charge on any atom is 0.339 e. The molecule has 0 radical (unpaired) electrons. The average Bonchev–Trinajstić information content (AvgIpc) is 3.03. The zero-order valence-corrected chi connectivity index (χ0v) is 18.3. The lowest BCUT2D eigenvalue weighted by Crippen LogP contribution is -2.41. The van der Waals surface area contributed by atoms with Crippen molar-refractivity contribution in [2.45, 2.75) is 46.8 Å². The number of carbonyl (C=O) groups is 3. The molecule has 1 aromatic carbocycles. The topological polar surface area (TPSA) is 102 Å². The number of benzene rings is 1. The Morgan fingerprint density at radius 3 is 2.48 bits per heavy atom. The third kappa shape index (κ3) is 5.95. The van der Waals surface area contributed by atoms with Crippen molar-refractivity contribution < 1.29 is 23.9 Å². The van der Waals surface area contributed by atoms with Gasteiger partial charge in [0, 0.05) is 23.6 Å². The summed E-state index contributed by atoms with van der Waals surface area (Å²) in [6, 6.07) is 12.6. The van der Waals surface area contributed by atoms with Crippen molar-refractivity contribution in [1.29, 1.82) is 5.26 Å². The highest BCUT2D eigenvalue weighted by molar-refractivity contribution is 5.97. The minimum atomic E-state index is -1.04. The first kappa shape index (κ1) is 23.7. The van der Waals surface area contributed by atoms with E-state index in [2.05, 4.69) is 0 Å². The number of para-hydroxylation sites is 1. The molecule has 1 amide bonds. The smallest absolute Gasteiger partial charge is 0.339 e. The molecule has 0 saturated carbocycles. The molecule has 1 aromatic heterocycles. The number of carbonyl (C=O) groups excluding carboxylic acids is 3. The van der Waals surface area contributed by atoms with Crippen LogP contribution in [0.1, 0.15) is 42.0 Å². The van der Waals surface area contributed by atoms with E-state index in [4.69, 9.17) is 14.7 Å². The van der Waals surface area contributed by atoms with Gasteiger partial charge in [-0.15, -0.1) is 0 Å². The van der Waals surface area contributed by atoms with Crippen LogP contribution < -0.4 is 4.90 Å². The van der Waals surface area contributed by atoms with Gasteiger partial charge in [-0.2, -0.15) is 5.26 Å². The normalized spacial score (nSPS) is 11.3. The number of nitrogens with zero attached hydrogens (tertiary/aromatic N) is 3. The van der Waals surface area contributed by atoms with Crippen LogP contribution in [0.15, 0.2) is 36.4 Å². The minimum absolute atomic E-state index is 0.141. The summed E-state index contributed by atoms with van der Waals surface area (Å²) in [6.07, 6.45) is -0.883. The van der Waals surface area contributed by atoms with Crippen molar-refractivity contribution in [1.82, 2.24) is 4.57 Å². The Bertz CT molecular complexity index is 975. The van der Waals surface area contributed by atoms with Gasteiger partial charge in [0.15, 0.2) is 6.10 Å². The van der Waals surface area contributed by atoms with E-state index in [1.54, 1.807) is 55.7 Å². The molecule has 0 spiro atoms. The van der Waals surface area contributed by atoms with E-state index in [1.807, 2.05) is 12.1 Å². The van der Waals surface area contributed by atoms with Crippen LogP contribution >= 0.6 is 0 Å². The van der Waals surface area contributed by atoms with E-state index in [9.17, 15) is 14.4 Å². The van der Waals surface area contributed by atoms with Crippen LogP contribution in [0.2, 0.25) is 0 Å². The number of hydrogen-bond acceptors (Lipinski definition) is 6. The fourth-order valence-electron chi connectivity index (χ4n) is 3.23. The summed E-state index contributed by atoms with van der Waals surface area (Å²) in [6.45, 7) is 7.03. The van der Waals surface area contributed by atoms with Crippen molar-refractivity contribution >= 4 is 23.5 Å². The van der Waals surface area contributed by atoms with E-state index in [0.29, 0.717) is 22.6 Å². The summed E-state index contributed by atoms with van der Waals surface area (Å²) in [7, 11) is 0. The molecule has 0 saturated heterocycles. The summed E-state index contributed by atoms with van der Waals surface area (Å²) in [4.78, 5) is 38.9. The van der Waals surface area contributed by atoms with Gasteiger partial charge >= 0.3 is 11.9 Å². The molecule has 31 heavy (non-hydrogen) atoms. The van der Waals surface area contributed by atoms with E-state index >= 15 is 0 Å². The van der Waals surface area contributed by atoms with Crippen molar-refractivity contribution in [3.63, 3.8) is 0 Å². The number of amides is 1. The van der Waals surface area contributed by atoms with Gasteiger partial charge in [-0.3, -0.25) is 9.59 Å². The maximum absolute atomic E-state index is 12.9. The Morgan fingerprint density at radius 1 is 1.19 bits per heavy atom. The highest BCUT2D eigenvalue weighted by Gasteiger charge is 2.26. The zero-order chi connectivity index (χ0) is 23.0. The van der Waals surface area contributed by atoms with E-state index in [-0.39, 0.29) is 26.1 Å². The summed E-state index contributed by atoms with van der Waals surface area (Å²) < 4.78 is 12.1. The fraction of sp³-hybridized carbons (Fsp3) is 0.391. The molecule has 8 nitrogen and oxygen atoms in total. The SMILES string of the molecule is CCOC(=O)c1cc(C)n(CC(=O)OC(C)C(=O)N(CCC#N)c2ccccc2)c1C. The third-order valence-corrected chi connectivity index (χ3v) is 4.79. The molecular formula is C23H27N3O5. The molecular weight excluding hydrogens is 398 g/mol. The predicted molar refractivity (Wildman–Crippen MR) is 114 cm³/mol. The molecule has 0 aliphatic rings. The second-order valence-corrected chi connectivity index (χ2v) is 6.96. The van der Waals surface area contributed by atoms with Crippen LogP contribution in [0.5, 0.6) is 0 Å². The number of esters is 2. The monoisotopic (exact) mass is 425 g/mol. The summed E-state index contributed by atoms with van der Waals surface area (Å²) >= 11 is 0. The molecule has 1 atom stereocenters. The summed E-state index contributed by atoms with van der Waals surface area (Å²) in [5.41, 5.74) is 2.31. The number of nitriles is 1. The zero-order valence-electron chi connectivity index (χ0n) is 18.3. The second-order valence-electron chi connectivity index (χ2n) is 6.96. The van der Waals surface area contributed by atoms with Crippen LogP contribution in [0, 0.1) is 25.2 Å². The fourth-order valence-corrected chi connectivity index (χ4v) is 3.23. The highest BCUT2D eigenvalue weighted by atomic mass is 16.5. The van der Waals surface area contributed by atoms with E-state index in [0.717, 1.165) is 0 Å². The lowest BCUT2D eigenvalue weighted by atomic mass is 10.2. The van der Waals surface area contributed by atoms with Crippen LogP contribution in [-0.4, -0.2) is 41.7 Å². The Labute approximate surface area is 182 Å². The molecule has 2 rings (SSSR count). The lowest BCUT2D eigenvalue weighted by molar-refractivity contribution is -0.154. The first-order valence-electron chi connectivity index (χ1n) is 10.1. The Kier molecular flexibility index (Phi) is 8.38. The van der Waals surface area contributed by atoms with Gasteiger partial charge in [0.2, 0.25) is 0 Å². The van der Waals surface area contributed by atoms with Crippen LogP contribution in [0.4, 0.5) is 5.69 Å². The summed E-state index contributed by atoms with van der Waals surface area (Å²) in [5, 5.41) is 8.91. The van der Waals surface area contributed by atoms with Gasteiger partial charge in [0.25, 0.3) is 5.91 Å². The van der Waals surface area contributed by atoms with Crippen molar-refractivity contribution in [2.24, 2.45) is 0 Å². The van der Waals surface area contributed by atoms with E-state index < -0.39 is 23.9 Å². The van der Waals surface area contributed by atoms with Gasteiger partial charge in [0.05, 0.1) is 24.7 Å². The quantitative estimate of drug-likeness (QED) is 0.572. The first-order chi connectivity index (χ1) is 14.8. The van der Waals surface area contributed by atoms with Gasteiger partial charge in [-0.25, -0.2) is 4.79 Å². The van der Waals surface area contributed by atoms with Crippen molar-refractivity contribution in [3.05, 3.63) is 53.3 Å². The number of anilines is 1.